The Labute approximate surface area is 121 Å². The van der Waals surface area contributed by atoms with Gasteiger partial charge < -0.3 is 0 Å². The fourth-order valence-corrected chi connectivity index (χ4v) is 2.42. The Hall–Kier alpha value is -2.07. The summed E-state index contributed by atoms with van der Waals surface area (Å²) in [6, 6.07) is 16.6. The molecular weight excluding hydrogens is 271 g/mol. The van der Waals surface area contributed by atoms with Crippen molar-refractivity contribution in [3.05, 3.63) is 60.4 Å². The molecule has 1 N–H and O–H groups in total. The fourth-order valence-electron chi connectivity index (χ4n) is 2.01. The maximum atomic E-state index is 12.9. The second-order valence-electron chi connectivity index (χ2n) is 4.40. The van der Waals surface area contributed by atoms with Crippen LogP contribution in [0.2, 0.25) is 0 Å². The van der Waals surface area contributed by atoms with Crippen LogP contribution in [0.25, 0.3) is 22.5 Å². The zero-order valence-electron chi connectivity index (χ0n) is 10.9. The predicted octanol–water partition coefficient (Wildman–Crippen LogP) is 4.60. The Morgan fingerprint density at radius 1 is 0.950 bits per heavy atom. The van der Waals surface area contributed by atoms with Crippen LogP contribution < -0.4 is 0 Å². The molecule has 1 aromatic heterocycles. The lowest BCUT2D eigenvalue weighted by Crippen LogP contribution is -1.78. The number of hydrogen-bond acceptors (Lipinski definition) is 2. The van der Waals surface area contributed by atoms with Crippen molar-refractivity contribution in [2.24, 2.45) is 0 Å². The van der Waals surface area contributed by atoms with Crippen molar-refractivity contribution in [1.82, 2.24) is 10.2 Å². The smallest absolute Gasteiger partial charge is 0.123 e. The summed E-state index contributed by atoms with van der Waals surface area (Å²) in [5, 5.41) is 7.30. The van der Waals surface area contributed by atoms with E-state index in [2.05, 4.69) is 40.7 Å². The Kier molecular flexibility index (Phi) is 3.56. The molecule has 0 atom stereocenters. The first-order valence-electron chi connectivity index (χ1n) is 6.22. The van der Waals surface area contributed by atoms with Gasteiger partial charge in [-0.25, -0.2) is 4.39 Å². The quantitative estimate of drug-likeness (QED) is 0.712. The van der Waals surface area contributed by atoms with E-state index >= 15 is 0 Å². The van der Waals surface area contributed by atoms with E-state index in [0.717, 1.165) is 22.5 Å². The first-order chi connectivity index (χ1) is 9.76. The van der Waals surface area contributed by atoms with Crippen molar-refractivity contribution < 1.29 is 4.39 Å². The molecule has 1 heterocycles. The third kappa shape index (κ3) is 2.60. The van der Waals surface area contributed by atoms with Crippen LogP contribution >= 0.6 is 11.8 Å². The Morgan fingerprint density at radius 3 is 2.25 bits per heavy atom. The molecule has 3 rings (SSSR count). The van der Waals surface area contributed by atoms with E-state index in [0.29, 0.717) is 0 Å². The minimum absolute atomic E-state index is 0.239. The number of hydrogen-bond donors (Lipinski definition) is 1. The Morgan fingerprint density at radius 2 is 1.60 bits per heavy atom. The standard InChI is InChI=1S/C16H13FN2S/c1-20-14-8-4-12(5-9-14)16-10-15(18-19-16)11-2-6-13(17)7-3-11/h2-10H,1H3,(H,18,19). The van der Waals surface area contributed by atoms with Crippen molar-refractivity contribution >= 4 is 11.8 Å². The van der Waals surface area contributed by atoms with E-state index in [9.17, 15) is 4.39 Å². The SMILES string of the molecule is CSc1ccc(-c2cc(-c3ccc(F)cc3)n[nH]2)cc1. The van der Waals surface area contributed by atoms with Crippen LogP contribution in [0.5, 0.6) is 0 Å². The molecule has 2 aromatic carbocycles. The van der Waals surface area contributed by atoms with Crippen LogP contribution in [-0.2, 0) is 0 Å². The van der Waals surface area contributed by atoms with E-state index in [4.69, 9.17) is 0 Å². The number of nitrogens with zero attached hydrogens (tertiary/aromatic N) is 1. The molecule has 0 aliphatic rings. The largest absolute Gasteiger partial charge is 0.277 e. The van der Waals surface area contributed by atoms with Gasteiger partial charge in [-0.1, -0.05) is 12.1 Å². The van der Waals surface area contributed by atoms with E-state index in [1.165, 1.54) is 17.0 Å². The number of H-pyrrole nitrogens is 1. The summed E-state index contributed by atoms with van der Waals surface area (Å²) >= 11 is 1.71. The van der Waals surface area contributed by atoms with E-state index in [1.54, 1.807) is 23.9 Å². The van der Waals surface area contributed by atoms with Gasteiger partial charge in [0.1, 0.15) is 5.82 Å². The summed E-state index contributed by atoms with van der Waals surface area (Å²) in [7, 11) is 0. The molecule has 0 aliphatic carbocycles. The average Bonchev–Trinajstić information content (AvgIpc) is 2.98. The molecule has 0 radical (unpaired) electrons. The highest BCUT2D eigenvalue weighted by molar-refractivity contribution is 7.98. The van der Waals surface area contributed by atoms with Crippen LogP contribution in [0.3, 0.4) is 0 Å². The highest BCUT2D eigenvalue weighted by atomic mass is 32.2. The average molecular weight is 284 g/mol. The van der Waals surface area contributed by atoms with Gasteiger partial charge in [0.15, 0.2) is 0 Å². The zero-order valence-corrected chi connectivity index (χ0v) is 11.7. The van der Waals surface area contributed by atoms with Crippen molar-refractivity contribution in [1.29, 1.82) is 0 Å². The minimum Gasteiger partial charge on any atom is -0.277 e. The summed E-state index contributed by atoms with van der Waals surface area (Å²) in [5.41, 5.74) is 3.75. The second kappa shape index (κ2) is 5.51. The van der Waals surface area contributed by atoms with Crippen LogP contribution in [0.1, 0.15) is 0 Å². The van der Waals surface area contributed by atoms with Gasteiger partial charge in [0.05, 0.1) is 11.4 Å². The summed E-state index contributed by atoms with van der Waals surface area (Å²) in [4.78, 5) is 1.23. The molecule has 0 bridgehead atoms. The van der Waals surface area contributed by atoms with Gasteiger partial charge in [-0.2, -0.15) is 5.10 Å². The van der Waals surface area contributed by atoms with Crippen LogP contribution in [-0.4, -0.2) is 16.5 Å². The molecule has 0 saturated heterocycles. The Balaban J connectivity index is 1.91. The monoisotopic (exact) mass is 284 g/mol. The first-order valence-corrected chi connectivity index (χ1v) is 7.44. The molecule has 0 spiro atoms. The number of nitrogens with one attached hydrogen (secondary N) is 1. The lowest BCUT2D eigenvalue weighted by atomic mass is 10.1. The molecule has 100 valence electrons. The minimum atomic E-state index is -0.239. The lowest BCUT2D eigenvalue weighted by molar-refractivity contribution is 0.628. The van der Waals surface area contributed by atoms with Crippen molar-refractivity contribution in [3.63, 3.8) is 0 Å². The van der Waals surface area contributed by atoms with Gasteiger partial charge in [0.25, 0.3) is 0 Å². The van der Waals surface area contributed by atoms with Gasteiger partial charge in [0.2, 0.25) is 0 Å². The summed E-state index contributed by atoms with van der Waals surface area (Å²) in [5.74, 6) is -0.239. The molecule has 0 aliphatic heterocycles. The highest BCUT2D eigenvalue weighted by Gasteiger charge is 2.06. The molecule has 3 aromatic rings. The molecule has 0 saturated carbocycles. The van der Waals surface area contributed by atoms with Crippen molar-refractivity contribution in [2.75, 3.05) is 6.26 Å². The molecule has 2 nitrogen and oxygen atoms in total. The summed E-state index contributed by atoms with van der Waals surface area (Å²) in [6.45, 7) is 0. The predicted molar refractivity (Wildman–Crippen MR) is 81.2 cm³/mol. The molecule has 4 heteroatoms. The number of aromatic nitrogens is 2. The number of aromatic amines is 1. The van der Waals surface area contributed by atoms with Gasteiger partial charge in [-0.15, -0.1) is 11.8 Å². The van der Waals surface area contributed by atoms with Crippen LogP contribution in [0, 0.1) is 5.82 Å². The van der Waals surface area contributed by atoms with Crippen LogP contribution in [0.4, 0.5) is 4.39 Å². The third-order valence-electron chi connectivity index (χ3n) is 3.12. The Bertz CT molecular complexity index is 702. The molecule has 0 unspecified atom stereocenters. The number of halogens is 1. The zero-order chi connectivity index (χ0) is 13.9. The normalized spacial score (nSPS) is 10.7. The van der Waals surface area contributed by atoms with Gasteiger partial charge in [-0.3, -0.25) is 5.10 Å². The van der Waals surface area contributed by atoms with E-state index < -0.39 is 0 Å². The first kappa shape index (κ1) is 12.9. The fraction of sp³-hybridized carbons (Fsp3) is 0.0625. The molecule has 0 fully saturated rings. The van der Waals surface area contributed by atoms with Crippen LogP contribution in [0.15, 0.2) is 59.5 Å². The second-order valence-corrected chi connectivity index (χ2v) is 5.28. The van der Waals surface area contributed by atoms with E-state index in [1.807, 2.05) is 6.07 Å². The van der Waals surface area contributed by atoms with Crippen molar-refractivity contribution in [3.8, 4) is 22.5 Å². The number of rotatable bonds is 3. The number of benzene rings is 2. The molecular formula is C16H13FN2S. The highest BCUT2D eigenvalue weighted by Crippen LogP contribution is 2.25. The van der Waals surface area contributed by atoms with Gasteiger partial charge in [-0.05, 0) is 54.3 Å². The van der Waals surface area contributed by atoms with Crippen molar-refractivity contribution in [2.45, 2.75) is 4.90 Å². The topological polar surface area (TPSA) is 28.7 Å². The summed E-state index contributed by atoms with van der Waals surface area (Å²) < 4.78 is 12.9. The molecule has 20 heavy (non-hydrogen) atoms. The summed E-state index contributed by atoms with van der Waals surface area (Å²) in [6.07, 6.45) is 2.05. The lowest BCUT2D eigenvalue weighted by Gasteiger charge is -1.99. The maximum Gasteiger partial charge on any atom is 0.123 e. The van der Waals surface area contributed by atoms with E-state index in [-0.39, 0.29) is 5.82 Å². The third-order valence-corrected chi connectivity index (χ3v) is 3.86. The van der Waals surface area contributed by atoms with Gasteiger partial charge in [0, 0.05) is 10.5 Å². The number of thioether (sulfide) groups is 1. The maximum absolute atomic E-state index is 12.9. The molecule has 0 amide bonds. The van der Waals surface area contributed by atoms with Gasteiger partial charge >= 0.3 is 0 Å².